The van der Waals surface area contributed by atoms with Crippen molar-refractivity contribution in [1.29, 1.82) is 0 Å². The van der Waals surface area contributed by atoms with Gasteiger partial charge in [-0.2, -0.15) is 0 Å². The average Bonchev–Trinajstić information content (AvgIpc) is 2.42. The quantitative estimate of drug-likeness (QED) is 0.639. The van der Waals surface area contributed by atoms with Crippen molar-refractivity contribution in [1.82, 2.24) is 0 Å². The van der Waals surface area contributed by atoms with Gasteiger partial charge in [0.05, 0.1) is 0 Å². The molecule has 0 saturated heterocycles. The maximum Gasteiger partial charge on any atom is 0.347 e. The van der Waals surface area contributed by atoms with Gasteiger partial charge in [-0.15, -0.1) is 0 Å². The van der Waals surface area contributed by atoms with Crippen LogP contribution in [0.5, 0.6) is 11.5 Å². The van der Waals surface area contributed by atoms with Crippen LogP contribution >= 0.6 is 11.6 Å². The number of benzene rings is 2. The topological polar surface area (TPSA) is 52.6 Å². The van der Waals surface area contributed by atoms with Crippen molar-refractivity contribution in [3.05, 3.63) is 58.6 Å². The Bertz CT molecular complexity index is 694. The molecule has 108 valence electrons. The van der Waals surface area contributed by atoms with Gasteiger partial charge in [0, 0.05) is 11.9 Å². The van der Waals surface area contributed by atoms with Gasteiger partial charge in [-0.25, -0.2) is 4.79 Å². The van der Waals surface area contributed by atoms with Crippen LogP contribution in [0.15, 0.2) is 42.5 Å². The number of esters is 2. The van der Waals surface area contributed by atoms with Crippen LogP contribution in [0.2, 0.25) is 5.02 Å². The average molecular weight is 305 g/mol. The number of hydrogen-bond acceptors (Lipinski definition) is 4. The SMILES string of the molecule is CC(=O)Oc1ccccc1C(=O)Oc1ccc(Cl)cc1C. The van der Waals surface area contributed by atoms with Gasteiger partial charge in [-0.3, -0.25) is 4.79 Å². The Morgan fingerprint density at radius 1 is 1.00 bits per heavy atom. The standard InChI is InChI=1S/C16H13ClO4/c1-10-9-12(17)7-8-14(10)21-16(19)13-5-3-4-6-15(13)20-11(2)18/h3-9H,1-2H3. The maximum absolute atomic E-state index is 12.2. The number of ether oxygens (including phenoxy) is 2. The van der Waals surface area contributed by atoms with Crippen molar-refractivity contribution >= 4 is 23.5 Å². The van der Waals surface area contributed by atoms with Crippen molar-refractivity contribution in [3.8, 4) is 11.5 Å². The van der Waals surface area contributed by atoms with Gasteiger partial charge in [0.15, 0.2) is 0 Å². The smallest absolute Gasteiger partial charge is 0.347 e. The van der Waals surface area contributed by atoms with Crippen LogP contribution < -0.4 is 9.47 Å². The second kappa shape index (κ2) is 6.41. The van der Waals surface area contributed by atoms with Crippen LogP contribution in [0.1, 0.15) is 22.8 Å². The zero-order chi connectivity index (χ0) is 15.4. The predicted octanol–water partition coefficient (Wildman–Crippen LogP) is 3.79. The lowest BCUT2D eigenvalue weighted by atomic mass is 10.2. The van der Waals surface area contributed by atoms with Crippen LogP contribution in [0.25, 0.3) is 0 Å². The Balaban J connectivity index is 2.26. The predicted molar refractivity (Wildman–Crippen MR) is 78.9 cm³/mol. The minimum absolute atomic E-state index is 0.168. The van der Waals surface area contributed by atoms with E-state index in [2.05, 4.69) is 0 Å². The Morgan fingerprint density at radius 3 is 2.38 bits per heavy atom. The summed E-state index contributed by atoms with van der Waals surface area (Å²) >= 11 is 5.86. The summed E-state index contributed by atoms with van der Waals surface area (Å²) in [5.74, 6) is -0.529. The van der Waals surface area contributed by atoms with E-state index in [1.54, 1.807) is 37.3 Å². The van der Waals surface area contributed by atoms with Crippen LogP contribution in [0.4, 0.5) is 0 Å². The van der Waals surface area contributed by atoms with E-state index < -0.39 is 11.9 Å². The third-order valence-electron chi connectivity index (χ3n) is 2.70. The van der Waals surface area contributed by atoms with Crippen molar-refractivity contribution in [2.75, 3.05) is 0 Å². The van der Waals surface area contributed by atoms with Crippen molar-refractivity contribution in [2.24, 2.45) is 0 Å². The number of halogens is 1. The molecule has 2 aromatic carbocycles. The highest BCUT2D eigenvalue weighted by molar-refractivity contribution is 6.30. The fraction of sp³-hybridized carbons (Fsp3) is 0.125. The van der Waals surface area contributed by atoms with E-state index in [1.807, 2.05) is 0 Å². The van der Waals surface area contributed by atoms with Gasteiger partial charge < -0.3 is 9.47 Å². The lowest BCUT2D eigenvalue weighted by Gasteiger charge is -2.10. The molecule has 0 aliphatic heterocycles. The summed E-state index contributed by atoms with van der Waals surface area (Å²) in [7, 11) is 0. The molecule has 0 amide bonds. The molecule has 0 N–H and O–H groups in total. The molecule has 0 unspecified atom stereocenters. The largest absolute Gasteiger partial charge is 0.426 e. The van der Waals surface area contributed by atoms with Crippen LogP contribution in [0, 0.1) is 6.92 Å². The summed E-state index contributed by atoms with van der Waals surface area (Å²) in [6, 6.07) is 11.3. The first-order valence-electron chi connectivity index (χ1n) is 6.23. The molecule has 0 fully saturated rings. The molecule has 0 atom stereocenters. The van der Waals surface area contributed by atoms with Crippen LogP contribution in [0.3, 0.4) is 0 Å². The molecule has 0 saturated carbocycles. The van der Waals surface area contributed by atoms with Gasteiger partial charge in [-0.1, -0.05) is 23.7 Å². The molecule has 21 heavy (non-hydrogen) atoms. The van der Waals surface area contributed by atoms with Crippen molar-refractivity contribution < 1.29 is 19.1 Å². The van der Waals surface area contributed by atoms with Gasteiger partial charge >= 0.3 is 11.9 Å². The number of carbonyl (C=O) groups excluding carboxylic acids is 2. The van der Waals surface area contributed by atoms with Crippen molar-refractivity contribution in [3.63, 3.8) is 0 Å². The monoisotopic (exact) mass is 304 g/mol. The number of rotatable bonds is 3. The van der Waals surface area contributed by atoms with Crippen LogP contribution in [-0.2, 0) is 4.79 Å². The number of hydrogen-bond donors (Lipinski definition) is 0. The molecule has 0 spiro atoms. The van der Waals surface area contributed by atoms with Gasteiger partial charge in [-0.05, 0) is 42.8 Å². The molecule has 2 aromatic rings. The third-order valence-corrected chi connectivity index (χ3v) is 2.94. The van der Waals surface area contributed by atoms with E-state index in [9.17, 15) is 9.59 Å². The molecule has 4 nitrogen and oxygen atoms in total. The van der Waals surface area contributed by atoms with E-state index in [0.717, 1.165) is 5.56 Å². The molecule has 0 aromatic heterocycles. The zero-order valence-corrected chi connectivity index (χ0v) is 12.3. The molecule has 0 bridgehead atoms. The molecule has 0 aliphatic rings. The lowest BCUT2D eigenvalue weighted by Crippen LogP contribution is -2.13. The molecule has 5 heteroatoms. The molecule has 0 radical (unpaired) electrons. The second-order valence-corrected chi connectivity index (χ2v) is 4.83. The highest BCUT2D eigenvalue weighted by atomic mass is 35.5. The Kier molecular flexibility index (Phi) is 4.60. The minimum atomic E-state index is -0.600. The zero-order valence-electron chi connectivity index (χ0n) is 11.6. The summed E-state index contributed by atoms with van der Waals surface area (Å²) in [5, 5.41) is 0.563. The Hall–Kier alpha value is -2.33. The van der Waals surface area contributed by atoms with E-state index in [4.69, 9.17) is 21.1 Å². The summed E-state index contributed by atoms with van der Waals surface area (Å²) < 4.78 is 10.3. The second-order valence-electron chi connectivity index (χ2n) is 4.39. The van der Waals surface area contributed by atoms with Crippen LogP contribution in [-0.4, -0.2) is 11.9 Å². The molecule has 2 rings (SSSR count). The summed E-state index contributed by atoms with van der Waals surface area (Å²) in [6.45, 7) is 3.05. The summed E-state index contributed by atoms with van der Waals surface area (Å²) in [6.07, 6.45) is 0. The summed E-state index contributed by atoms with van der Waals surface area (Å²) in [4.78, 5) is 23.3. The fourth-order valence-electron chi connectivity index (χ4n) is 1.76. The molecular formula is C16H13ClO4. The first-order chi connectivity index (χ1) is 9.97. The number of para-hydroxylation sites is 1. The number of aryl methyl sites for hydroxylation is 1. The minimum Gasteiger partial charge on any atom is -0.426 e. The lowest BCUT2D eigenvalue weighted by molar-refractivity contribution is -0.131. The van der Waals surface area contributed by atoms with E-state index >= 15 is 0 Å². The Morgan fingerprint density at radius 2 is 1.71 bits per heavy atom. The number of carbonyl (C=O) groups is 2. The molecule has 0 heterocycles. The van der Waals surface area contributed by atoms with Crippen molar-refractivity contribution in [2.45, 2.75) is 13.8 Å². The van der Waals surface area contributed by atoms with E-state index in [1.165, 1.54) is 19.1 Å². The highest BCUT2D eigenvalue weighted by Crippen LogP contribution is 2.25. The molecular weight excluding hydrogens is 292 g/mol. The fourth-order valence-corrected chi connectivity index (χ4v) is 1.99. The summed E-state index contributed by atoms with van der Waals surface area (Å²) in [5.41, 5.74) is 0.919. The van der Waals surface area contributed by atoms with Gasteiger partial charge in [0.25, 0.3) is 0 Å². The first-order valence-corrected chi connectivity index (χ1v) is 6.61. The third kappa shape index (κ3) is 3.83. The molecule has 0 aliphatic carbocycles. The van der Waals surface area contributed by atoms with E-state index in [0.29, 0.717) is 10.8 Å². The maximum atomic E-state index is 12.2. The normalized spacial score (nSPS) is 10.0. The highest BCUT2D eigenvalue weighted by Gasteiger charge is 2.16. The van der Waals surface area contributed by atoms with Gasteiger partial charge in [0.2, 0.25) is 0 Å². The Labute approximate surface area is 127 Å². The van der Waals surface area contributed by atoms with Gasteiger partial charge in [0.1, 0.15) is 17.1 Å². The first kappa shape index (κ1) is 15.1. The van der Waals surface area contributed by atoms with E-state index in [-0.39, 0.29) is 11.3 Å².